The largest absolute Gasteiger partial charge is 0.372 e. The molecule has 0 radical (unpaired) electrons. The molecule has 5 rings (SSSR count). The predicted octanol–water partition coefficient (Wildman–Crippen LogP) is 3.53. The van der Waals surface area contributed by atoms with Crippen LogP contribution in [0.15, 0.2) is 30.6 Å². The minimum absolute atomic E-state index is 0.510. The number of fused-ring (bicyclic) bond motifs is 1. The van der Waals surface area contributed by atoms with E-state index >= 15 is 0 Å². The second kappa shape index (κ2) is 8.47. The molecule has 1 saturated heterocycles. The molecule has 0 unspecified atom stereocenters. The van der Waals surface area contributed by atoms with Crippen LogP contribution in [0.4, 0.5) is 23.3 Å². The molecular formula is C22H30N8. The molecule has 8 heteroatoms. The molecule has 1 saturated carbocycles. The molecule has 158 valence electrons. The molecule has 0 spiro atoms. The lowest BCUT2D eigenvalue weighted by Gasteiger charge is -2.29. The maximum absolute atomic E-state index is 4.87. The zero-order valence-corrected chi connectivity index (χ0v) is 17.6. The molecule has 4 heterocycles. The molecule has 3 N–H and O–H groups in total. The van der Waals surface area contributed by atoms with Crippen LogP contribution in [0.3, 0.4) is 0 Å². The third-order valence-corrected chi connectivity index (χ3v) is 6.09. The van der Waals surface area contributed by atoms with Crippen molar-refractivity contribution in [2.24, 2.45) is 0 Å². The van der Waals surface area contributed by atoms with Crippen LogP contribution in [0.2, 0.25) is 0 Å². The number of hydrogen-bond donors (Lipinski definition) is 3. The van der Waals surface area contributed by atoms with Crippen molar-refractivity contribution in [2.45, 2.75) is 38.6 Å². The first-order valence-corrected chi connectivity index (χ1v) is 11.1. The van der Waals surface area contributed by atoms with Gasteiger partial charge in [0, 0.05) is 50.3 Å². The Bertz CT molecular complexity index is 984. The van der Waals surface area contributed by atoms with Gasteiger partial charge >= 0.3 is 0 Å². The molecule has 0 amide bonds. The van der Waals surface area contributed by atoms with Crippen molar-refractivity contribution in [3.05, 3.63) is 30.6 Å². The van der Waals surface area contributed by atoms with Crippen LogP contribution in [0.5, 0.6) is 0 Å². The van der Waals surface area contributed by atoms with Crippen molar-refractivity contribution < 1.29 is 0 Å². The highest BCUT2D eigenvalue weighted by molar-refractivity contribution is 5.82. The molecule has 1 aliphatic carbocycles. The summed E-state index contributed by atoms with van der Waals surface area (Å²) in [7, 11) is 0. The van der Waals surface area contributed by atoms with Crippen molar-refractivity contribution in [3.8, 4) is 0 Å². The first-order valence-electron chi connectivity index (χ1n) is 11.1. The number of aromatic nitrogens is 4. The fourth-order valence-electron chi connectivity index (χ4n) is 4.60. The van der Waals surface area contributed by atoms with E-state index in [0.29, 0.717) is 12.0 Å². The average molecular weight is 407 g/mol. The van der Waals surface area contributed by atoms with Crippen LogP contribution in [-0.4, -0.2) is 52.2 Å². The van der Waals surface area contributed by atoms with Crippen molar-refractivity contribution in [1.82, 2.24) is 24.8 Å². The molecule has 2 fully saturated rings. The zero-order chi connectivity index (χ0) is 20.3. The number of nitrogens with one attached hydrogen (secondary N) is 3. The Hall–Kier alpha value is -2.87. The molecule has 30 heavy (non-hydrogen) atoms. The third kappa shape index (κ3) is 3.79. The summed E-state index contributed by atoms with van der Waals surface area (Å²) < 4.78 is 2.37. The SMILES string of the molecule is CCNc1cc2cnc(Nc3ccc(N4CCNCC4)cn3)nc2n1C1CCCC1. The summed E-state index contributed by atoms with van der Waals surface area (Å²) in [6.45, 7) is 7.09. The fraction of sp³-hybridized carbons (Fsp3) is 0.500. The number of anilines is 4. The van der Waals surface area contributed by atoms with E-state index in [9.17, 15) is 0 Å². The first kappa shape index (κ1) is 19.1. The lowest BCUT2D eigenvalue weighted by atomic mass is 10.2. The van der Waals surface area contributed by atoms with Gasteiger partial charge in [0.05, 0.1) is 11.9 Å². The summed E-state index contributed by atoms with van der Waals surface area (Å²) in [5.41, 5.74) is 2.15. The molecule has 0 aromatic carbocycles. The van der Waals surface area contributed by atoms with E-state index in [4.69, 9.17) is 4.98 Å². The van der Waals surface area contributed by atoms with Crippen LogP contribution in [-0.2, 0) is 0 Å². The highest BCUT2D eigenvalue weighted by atomic mass is 15.2. The Morgan fingerprint density at radius 1 is 1.10 bits per heavy atom. The monoisotopic (exact) mass is 406 g/mol. The third-order valence-electron chi connectivity index (χ3n) is 6.09. The molecule has 8 nitrogen and oxygen atoms in total. The number of piperazine rings is 1. The molecule has 0 bridgehead atoms. The van der Waals surface area contributed by atoms with Crippen molar-refractivity contribution >= 4 is 34.3 Å². The molecule has 2 aliphatic rings. The molecule has 3 aromatic heterocycles. The van der Waals surface area contributed by atoms with E-state index in [2.05, 4.69) is 54.4 Å². The normalized spacial score (nSPS) is 17.6. The van der Waals surface area contributed by atoms with Gasteiger partial charge in [0.25, 0.3) is 0 Å². The quantitative estimate of drug-likeness (QED) is 0.578. The molecule has 1 aliphatic heterocycles. The van der Waals surface area contributed by atoms with Gasteiger partial charge in [-0.25, -0.2) is 9.97 Å². The van der Waals surface area contributed by atoms with E-state index in [-0.39, 0.29) is 0 Å². The lowest BCUT2D eigenvalue weighted by molar-refractivity contribution is 0.537. The van der Waals surface area contributed by atoms with E-state index in [0.717, 1.165) is 61.1 Å². The molecule has 3 aromatic rings. The van der Waals surface area contributed by atoms with E-state index in [1.165, 1.54) is 25.7 Å². The van der Waals surface area contributed by atoms with Gasteiger partial charge in [-0.3, -0.25) is 0 Å². The van der Waals surface area contributed by atoms with E-state index in [1.54, 1.807) is 0 Å². The van der Waals surface area contributed by atoms with Crippen molar-refractivity contribution in [2.75, 3.05) is 48.3 Å². The standard InChI is InChI=1S/C22H30N8/c1-2-24-20-13-16-14-26-22(28-21(16)30(20)17-5-3-4-6-17)27-19-8-7-18(15-25-19)29-11-9-23-10-12-29/h7-8,13-15,17,23-24H,2-6,9-12H2,1H3,(H,25,26,27,28). The minimum atomic E-state index is 0.510. The smallest absolute Gasteiger partial charge is 0.230 e. The summed E-state index contributed by atoms with van der Waals surface area (Å²) in [4.78, 5) is 16.4. The Kier molecular flexibility index (Phi) is 5.40. The van der Waals surface area contributed by atoms with Crippen LogP contribution >= 0.6 is 0 Å². The Labute approximate surface area is 177 Å². The van der Waals surface area contributed by atoms with Gasteiger partial charge in [0.2, 0.25) is 5.95 Å². The van der Waals surface area contributed by atoms with Crippen LogP contribution in [0.25, 0.3) is 11.0 Å². The topological polar surface area (TPSA) is 82.9 Å². The summed E-state index contributed by atoms with van der Waals surface area (Å²) in [6, 6.07) is 6.80. The molecular weight excluding hydrogens is 376 g/mol. The van der Waals surface area contributed by atoms with Crippen LogP contribution in [0, 0.1) is 0 Å². The van der Waals surface area contributed by atoms with Crippen LogP contribution in [0.1, 0.15) is 38.6 Å². The summed E-state index contributed by atoms with van der Waals surface area (Å²) in [5, 5.41) is 11.2. The predicted molar refractivity (Wildman–Crippen MR) is 122 cm³/mol. The number of hydrogen-bond acceptors (Lipinski definition) is 7. The highest BCUT2D eigenvalue weighted by Gasteiger charge is 2.22. The summed E-state index contributed by atoms with van der Waals surface area (Å²) in [6.07, 6.45) is 8.83. The van der Waals surface area contributed by atoms with Gasteiger partial charge in [-0.2, -0.15) is 4.98 Å². The highest BCUT2D eigenvalue weighted by Crippen LogP contribution is 2.36. The first-order chi connectivity index (χ1) is 14.8. The maximum atomic E-state index is 4.87. The van der Waals surface area contributed by atoms with Crippen molar-refractivity contribution in [3.63, 3.8) is 0 Å². The number of rotatable bonds is 6. The second-order valence-electron chi connectivity index (χ2n) is 8.10. The van der Waals surface area contributed by atoms with Crippen LogP contribution < -0.4 is 20.9 Å². The van der Waals surface area contributed by atoms with E-state index in [1.807, 2.05) is 18.5 Å². The maximum Gasteiger partial charge on any atom is 0.230 e. The lowest BCUT2D eigenvalue weighted by Crippen LogP contribution is -2.43. The Morgan fingerprint density at radius 3 is 2.67 bits per heavy atom. The van der Waals surface area contributed by atoms with Gasteiger partial charge in [-0.05, 0) is 38.0 Å². The van der Waals surface area contributed by atoms with Gasteiger partial charge in [-0.15, -0.1) is 0 Å². The second-order valence-corrected chi connectivity index (χ2v) is 8.10. The number of nitrogens with zero attached hydrogens (tertiary/aromatic N) is 5. The van der Waals surface area contributed by atoms with Crippen molar-refractivity contribution in [1.29, 1.82) is 0 Å². The van der Waals surface area contributed by atoms with E-state index < -0.39 is 0 Å². The molecule has 0 atom stereocenters. The average Bonchev–Trinajstić information content (AvgIpc) is 3.42. The van der Waals surface area contributed by atoms with Gasteiger partial charge in [0.15, 0.2) is 0 Å². The van der Waals surface area contributed by atoms with Gasteiger partial charge < -0.3 is 25.4 Å². The number of pyridine rings is 1. The zero-order valence-electron chi connectivity index (χ0n) is 17.6. The minimum Gasteiger partial charge on any atom is -0.372 e. The van der Waals surface area contributed by atoms with Gasteiger partial charge in [0.1, 0.15) is 17.3 Å². The Morgan fingerprint density at radius 2 is 1.93 bits per heavy atom. The fourth-order valence-corrected chi connectivity index (χ4v) is 4.60. The van der Waals surface area contributed by atoms with Gasteiger partial charge in [-0.1, -0.05) is 12.8 Å². The Balaban J connectivity index is 1.39. The summed E-state index contributed by atoms with van der Waals surface area (Å²) in [5.74, 6) is 2.49. The summed E-state index contributed by atoms with van der Waals surface area (Å²) >= 11 is 0.